The third-order valence-electron chi connectivity index (χ3n) is 4.91. The number of rotatable bonds is 8. The van der Waals surface area contributed by atoms with E-state index in [2.05, 4.69) is 27.2 Å². The Balaban J connectivity index is 0.00000261. The van der Waals surface area contributed by atoms with Crippen LogP contribution in [0.25, 0.3) is 0 Å². The van der Waals surface area contributed by atoms with Crippen LogP contribution >= 0.6 is 12.4 Å². The molecule has 2 heterocycles. The number of likely N-dealkylation sites (tertiary alicyclic amines) is 1. The monoisotopic (exact) mass is 394 g/mol. The zero-order valence-electron chi connectivity index (χ0n) is 15.6. The van der Waals surface area contributed by atoms with E-state index < -0.39 is 5.97 Å². The fraction of sp³-hybridized carbons (Fsp3) is 0.526. The number of hydrogen-bond donors (Lipinski definition) is 1. The topological polar surface area (TPSA) is 82.7 Å². The summed E-state index contributed by atoms with van der Waals surface area (Å²) in [6.45, 7) is 2.58. The second-order valence-electron chi connectivity index (χ2n) is 6.91. The molecule has 1 N–H and O–H groups in total. The zero-order chi connectivity index (χ0) is 18.4. The Labute approximate surface area is 165 Å². The molecule has 148 valence electrons. The lowest BCUT2D eigenvalue weighted by atomic mass is 10.0. The van der Waals surface area contributed by atoms with Crippen LogP contribution in [0.4, 0.5) is 0 Å². The molecule has 1 aliphatic heterocycles. The number of likely N-dealkylation sites (N-methyl/N-ethyl adjacent to an activating group) is 1. The Kier molecular flexibility index (Phi) is 8.22. The highest BCUT2D eigenvalue weighted by atomic mass is 35.5. The number of carboxylic acids is 1. The van der Waals surface area contributed by atoms with E-state index in [1.165, 1.54) is 5.56 Å². The predicted octanol–water partition coefficient (Wildman–Crippen LogP) is 2.26. The lowest BCUT2D eigenvalue weighted by Crippen LogP contribution is -2.44. The number of aromatic nitrogens is 2. The minimum atomic E-state index is -0.774. The molecule has 0 amide bonds. The summed E-state index contributed by atoms with van der Waals surface area (Å²) in [6, 6.07) is 10.6. The lowest BCUT2D eigenvalue weighted by Gasteiger charge is -2.35. The maximum Gasteiger partial charge on any atom is 0.317 e. The van der Waals surface area contributed by atoms with Gasteiger partial charge in [-0.05, 0) is 31.9 Å². The number of nitrogens with zero attached hydrogens (tertiary/aromatic N) is 4. The molecule has 0 bridgehead atoms. The van der Waals surface area contributed by atoms with Gasteiger partial charge in [-0.3, -0.25) is 14.6 Å². The summed E-state index contributed by atoms with van der Waals surface area (Å²) in [7, 11) is 1.88. The minimum Gasteiger partial charge on any atom is -0.480 e. The van der Waals surface area contributed by atoms with E-state index >= 15 is 0 Å². The average Bonchev–Trinajstić information content (AvgIpc) is 3.08. The first-order chi connectivity index (χ1) is 12.6. The molecule has 1 saturated heterocycles. The fourth-order valence-corrected chi connectivity index (χ4v) is 3.41. The lowest BCUT2D eigenvalue weighted by molar-refractivity contribution is -0.138. The molecule has 1 fully saturated rings. The number of aryl methyl sites for hydroxylation is 2. The molecule has 1 aliphatic rings. The van der Waals surface area contributed by atoms with E-state index in [9.17, 15) is 4.79 Å². The standard InChI is InChI=1S/C19H26N4O3.ClH/c1-22(14-19(24)25)16-9-11-23(12-10-16)13-18-20-17(21-26-18)8-7-15-5-3-2-4-6-15;/h2-6,16H,7-14H2,1H3,(H,24,25);1H. The molecule has 0 atom stereocenters. The number of carbonyl (C=O) groups is 1. The molecule has 7 nitrogen and oxygen atoms in total. The summed E-state index contributed by atoms with van der Waals surface area (Å²) in [4.78, 5) is 19.5. The van der Waals surface area contributed by atoms with Gasteiger partial charge >= 0.3 is 5.97 Å². The van der Waals surface area contributed by atoms with Gasteiger partial charge in [0.25, 0.3) is 0 Å². The van der Waals surface area contributed by atoms with Gasteiger partial charge in [0, 0.05) is 25.6 Å². The van der Waals surface area contributed by atoms with Crippen LogP contribution in [0.15, 0.2) is 34.9 Å². The van der Waals surface area contributed by atoms with Crippen LogP contribution in [0.1, 0.15) is 30.1 Å². The maximum absolute atomic E-state index is 10.8. The van der Waals surface area contributed by atoms with Gasteiger partial charge in [-0.2, -0.15) is 4.98 Å². The predicted molar refractivity (Wildman–Crippen MR) is 104 cm³/mol. The SMILES string of the molecule is CN(CC(=O)O)C1CCN(Cc2nc(CCc3ccccc3)no2)CC1.Cl. The summed E-state index contributed by atoms with van der Waals surface area (Å²) in [5, 5.41) is 13.0. The van der Waals surface area contributed by atoms with Crippen molar-refractivity contribution in [3.8, 4) is 0 Å². The number of aliphatic carboxylic acids is 1. The highest BCUT2D eigenvalue weighted by Gasteiger charge is 2.24. The molecular weight excluding hydrogens is 368 g/mol. The summed E-state index contributed by atoms with van der Waals surface area (Å²) < 4.78 is 5.39. The number of hydrogen-bond acceptors (Lipinski definition) is 6. The Hall–Kier alpha value is -1.96. The summed E-state index contributed by atoms with van der Waals surface area (Å²) in [5.74, 6) is 0.633. The van der Waals surface area contributed by atoms with Crippen LogP contribution in [-0.4, -0.2) is 63.7 Å². The molecule has 3 rings (SSSR count). The van der Waals surface area contributed by atoms with Crippen molar-refractivity contribution in [2.45, 2.75) is 38.3 Å². The van der Waals surface area contributed by atoms with Gasteiger partial charge in [-0.25, -0.2) is 0 Å². The van der Waals surface area contributed by atoms with Crippen LogP contribution in [-0.2, 0) is 24.2 Å². The minimum absolute atomic E-state index is 0. The van der Waals surface area contributed by atoms with Gasteiger partial charge in [0.1, 0.15) is 0 Å². The molecule has 0 unspecified atom stereocenters. The molecule has 8 heteroatoms. The van der Waals surface area contributed by atoms with E-state index in [4.69, 9.17) is 9.63 Å². The highest BCUT2D eigenvalue weighted by molar-refractivity contribution is 5.85. The van der Waals surface area contributed by atoms with Crippen molar-refractivity contribution in [3.63, 3.8) is 0 Å². The molecule has 0 radical (unpaired) electrons. The van der Waals surface area contributed by atoms with E-state index in [1.807, 2.05) is 30.1 Å². The normalized spacial score (nSPS) is 15.6. The third-order valence-corrected chi connectivity index (χ3v) is 4.91. The molecule has 1 aromatic heterocycles. The number of piperidine rings is 1. The fourth-order valence-electron chi connectivity index (χ4n) is 3.41. The van der Waals surface area contributed by atoms with Gasteiger partial charge in [0.2, 0.25) is 5.89 Å². The summed E-state index contributed by atoms with van der Waals surface area (Å²) in [5.41, 5.74) is 1.27. The number of halogens is 1. The first-order valence-electron chi connectivity index (χ1n) is 9.10. The zero-order valence-corrected chi connectivity index (χ0v) is 16.4. The van der Waals surface area contributed by atoms with Crippen molar-refractivity contribution in [1.29, 1.82) is 0 Å². The molecule has 0 aliphatic carbocycles. The van der Waals surface area contributed by atoms with Gasteiger partial charge in [-0.15, -0.1) is 12.4 Å². The molecule has 0 spiro atoms. The van der Waals surface area contributed by atoms with Crippen LogP contribution < -0.4 is 0 Å². The first-order valence-corrected chi connectivity index (χ1v) is 9.10. The molecule has 27 heavy (non-hydrogen) atoms. The molecule has 2 aromatic rings. The van der Waals surface area contributed by atoms with E-state index in [0.29, 0.717) is 18.5 Å². The van der Waals surface area contributed by atoms with Crippen LogP contribution in [0, 0.1) is 0 Å². The molecule has 1 aromatic carbocycles. The largest absolute Gasteiger partial charge is 0.480 e. The van der Waals surface area contributed by atoms with Crippen molar-refractivity contribution in [1.82, 2.24) is 19.9 Å². The Morgan fingerprint density at radius 2 is 1.96 bits per heavy atom. The Bertz CT molecular complexity index is 702. The maximum atomic E-state index is 10.8. The van der Waals surface area contributed by atoms with E-state index in [-0.39, 0.29) is 19.0 Å². The molecular formula is C19H27ClN4O3. The van der Waals surface area contributed by atoms with Crippen molar-refractivity contribution >= 4 is 18.4 Å². The van der Waals surface area contributed by atoms with Crippen molar-refractivity contribution in [3.05, 3.63) is 47.6 Å². The van der Waals surface area contributed by atoms with E-state index in [0.717, 1.165) is 44.6 Å². The van der Waals surface area contributed by atoms with Crippen LogP contribution in [0.5, 0.6) is 0 Å². The first kappa shape index (κ1) is 21.3. The van der Waals surface area contributed by atoms with Gasteiger partial charge in [0.05, 0.1) is 13.1 Å². The average molecular weight is 395 g/mol. The van der Waals surface area contributed by atoms with Crippen molar-refractivity contribution < 1.29 is 14.4 Å². The van der Waals surface area contributed by atoms with Gasteiger partial charge in [0.15, 0.2) is 5.82 Å². The smallest absolute Gasteiger partial charge is 0.317 e. The van der Waals surface area contributed by atoms with Crippen molar-refractivity contribution in [2.75, 3.05) is 26.7 Å². The highest BCUT2D eigenvalue weighted by Crippen LogP contribution is 2.17. The second-order valence-corrected chi connectivity index (χ2v) is 6.91. The van der Waals surface area contributed by atoms with E-state index in [1.54, 1.807) is 0 Å². The van der Waals surface area contributed by atoms with Gasteiger partial charge < -0.3 is 9.63 Å². The number of benzene rings is 1. The Morgan fingerprint density at radius 3 is 2.63 bits per heavy atom. The Morgan fingerprint density at radius 1 is 1.26 bits per heavy atom. The second kappa shape index (κ2) is 10.4. The summed E-state index contributed by atoms with van der Waals surface area (Å²) in [6.07, 6.45) is 3.59. The van der Waals surface area contributed by atoms with Crippen LogP contribution in [0.3, 0.4) is 0 Å². The molecule has 0 saturated carbocycles. The third kappa shape index (κ3) is 6.61. The van der Waals surface area contributed by atoms with Gasteiger partial charge in [-0.1, -0.05) is 35.5 Å². The summed E-state index contributed by atoms with van der Waals surface area (Å²) >= 11 is 0. The van der Waals surface area contributed by atoms with Crippen LogP contribution in [0.2, 0.25) is 0 Å². The number of carboxylic acid groups (broad SMARTS) is 1. The quantitative estimate of drug-likeness (QED) is 0.735. The van der Waals surface area contributed by atoms with Crippen molar-refractivity contribution in [2.24, 2.45) is 0 Å².